The molecule has 2 aromatic rings. The van der Waals surface area contributed by atoms with Gasteiger partial charge in [0.25, 0.3) is 0 Å². The van der Waals surface area contributed by atoms with Crippen molar-refractivity contribution in [2.24, 2.45) is 0 Å². The smallest absolute Gasteiger partial charge is 0.305 e. The van der Waals surface area contributed by atoms with Gasteiger partial charge in [0.2, 0.25) is 0 Å². The molecule has 0 bridgehead atoms. The molecule has 20 heavy (non-hydrogen) atoms. The minimum absolute atomic E-state index is 0.0505. The Morgan fingerprint density at radius 1 is 1.10 bits per heavy atom. The van der Waals surface area contributed by atoms with Crippen LogP contribution in [0.1, 0.15) is 23.7 Å². The molecule has 0 aromatic heterocycles. The van der Waals surface area contributed by atoms with Crippen molar-refractivity contribution in [3.8, 4) is 0 Å². The highest BCUT2D eigenvalue weighted by atomic mass is 16.4. The SMILES string of the molecule is CC(=O)c1ccc2cc(N(C)CCC(=O)O)ccc2c1. The zero-order valence-corrected chi connectivity index (χ0v) is 11.6. The maximum atomic E-state index is 11.3. The predicted octanol–water partition coefficient (Wildman–Crippen LogP) is 2.95. The van der Waals surface area contributed by atoms with E-state index in [4.69, 9.17) is 5.11 Å². The Balaban J connectivity index is 2.27. The topological polar surface area (TPSA) is 57.6 Å². The lowest BCUT2D eigenvalue weighted by molar-refractivity contribution is -0.136. The first-order chi connectivity index (χ1) is 9.47. The van der Waals surface area contributed by atoms with E-state index in [2.05, 4.69) is 0 Å². The molecule has 0 aliphatic heterocycles. The summed E-state index contributed by atoms with van der Waals surface area (Å²) in [4.78, 5) is 23.8. The van der Waals surface area contributed by atoms with Crippen LogP contribution >= 0.6 is 0 Å². The van der Waals surface area contributed by atoms with Crippen LogP contribution in [0, 0.1) is 0 Å². The molecule has 0 radical (unpaired) electrons. The van der Waals surface area contributed by atoms with E-state index >= 15 is 0 Å². The van der Waals surface area contributed by atoms with Gasteiger partial charge in [-0.25, -0.2) is 0 Å². The molecule has 0 atom stereocenters. The van der Waals surface area contributed by atoms with Crippen molar-refractivity contribution in [3.05, 3.63) is 42.0 Å². The van der Waals surface area contributed by atoms with E-state index in [0.29, 0.717) is 12.1 Å². The third-order valence-corrected chi connectivity index (χ3v) is 3.33. The first-order valence-electron chi connectivity index (χ1n) is 6.45. The Hall–Kier alpha value is -2.36. The number of anilines is 1. The zero-order valence-electron chi connectivity index (χ0n) is 11.6. The Morgan fingerprint density at radius 3 is 2.40 bits per heavy atom. The van der Waals surface area contributed by atoms with Gasteiger partial charge in [0, 0.05) is 24.8 Å². The molecule has 4 nitrogen and oxygen atoms in total. The molecule has 0 amide bonds. The highest BCUT2D eigenvalue weighted by molar-refractivity contribution is 5.99. The van der Waals surface area contributed by atoms with Gasteiger partial charge in [-0.2, -0.15) is 0 Å². The van der Waals surface area contributed by atoms with Crippen LogP contribution in [-0.2, 0) is 4.79 Å². The number of hydrogen-bond donors (Lipinski definition) is 1. The van der Waals surface area contributed by atoms with Crippen LogP contribution < -0.4 is 4.90 Å². The normalized spacial score (nSPS) is 10.5. The van der Waals surface area contributed by atoms with Crippen LogP contribution in [0.3, 0.4) is 0 Å². The molecule has 2 rings (SSSR count). The lowest BCUT2D eigenvalue weighted by Crippen LogP contribution is -2.20. The van der Waals surface area contributed by atoms with Crippen LogP contribution in [-0.4, -0.2) is 30.5 Å². The van der Waals surface area contributed by atoms with E-state index in [1.807, 2.05) is 48.3 Å². The number of benzene rings is 2. The quantitative estimate of drug-likeness (QED) is 0.849. The van der Waals surface area contributed by atoms with Gasteiger partial charge in [-0.1, -0.05) is 18.2 Å². The van der Waals surface area contributed by atoms with Gasteiger partial charge in [0.05, 0.1) is 6.42 Å². The lowest BCUT2D eigenvalue weighted by atomic mass is 10.0. The number of nitrogens with zero attached hydrogens (tertiary/aromatic N) is 1. The first kappa shape index (κ1) is 14.1. The molecule has 104 valence electrons. The fourth-order valence-corrected chi connectivity index (χ4v) is 2.08. The average Bonchev–Trinajstić information content (AvgIpc) is 2.43. The third-order valence-electron chi connectivity index (χ3n) is 3.33. The Labute approximate surface area is 117 Å². The van der Waals surface area contributed by atoms with Crippen molar-refractivity contribution < 1.29 is 14.7 Å². The van der Waals surface area contributed by atoms with Crippen molar-refractivity contribution in [1.29, 1.82) is 0 Å². The van der Waals surface area contributed by atoms with Gasteiger partial charge in [0.1, 0.15) is 0 Å². The minimum atomic E-state index is -0.802. The monoisotopic (exact) mass is 271 g/mol. The van der Waals surface area contributed by atoms with Crippen LogP contribution in [0.5, 0.6) is 0 Å². The van der Waals surface area contributed by atoms with E-state index in [9.17, 15) is 9.59 Å². The third kappa shape index (κ3) is 3.15. The Morgan fingerprint density at radius 2 is 1.75 bits per heavy atom. The Kier molecular flexibility index (Phi) is 4.03. The number of carbonyl (C=O) groups is 2. The summed E-state index contributed by atoms with van der Waals surface area (Å²) in [5.41, 5.74) is 1.67. The average molecular weight is 271 g/mol. The molecule has 0 unspecified atom stereocenters. The fourth-order valence-electron chi connectivity index (χ4n) is 2.08. The summed E-state index contributed by atoms with van der Waals surface area (Å²) in [7, 11) is 1.87. The minimum Gasteiger partial charge on any atom is -0.481 e. The molecule has 0 spiro atoms. The van der Waals surface area contributed by atoms with Crippen molar-refractivity contribution in [2.75, 3.05) is 18.5 Å². The van der Waals surface area contributed by atoms with E-state index < -0.39 is 5.97 Å². The van der Waals surface area contributed by atoms with Crippen LogP contribution in [0.15, 0.2) is 36.4 Å². The molecule has 1 N–H and O–H groups in total. The van der Waals surface area contributed by atoms with Crippen molar-refractivity contribution in [3.63, 3.8) is 0 Å². The zero-order chi connectivity index (χ0) is 14.7. The van der Waals surface area contributed by atoms with Gasteiger partial charge in [0.15, 0.2) is 5.78 Å². The molecule has 4 heteroatoms. The fraction of sp³-hybridized carbons (Fsp3) is 0.250. The molecule has 0 fully saturated rings. The molecular formula is C16H17NO3. The van der Waals surface area contributed by atoms with Crippen molar-refractivity contribution in [2.45, 2.75) is 13.3 Å². The summed E-state index contributed by atoms with van der Waals surface area (Å²) < 4.78 is 0. The summed E-state index contributed by atoms with van der Waals surface area (Å²) >= 11 is 0. The number of carboxylic acids is 1. The number of hydrogen-bond acceptors (Lipinski definition) is 3. The number of fused-ring (bicyclic) bond motifs is 1. The van der Waals surface area contributed by atoms with Crippen molar-refractivity contribution in [1.82, 2.24) is 0 Å². The highest BCUT2D eigenvalue weighted by Crippen LogP contribution is 2.23. The van der Waals surface area contributed by atoms with E-state index in [1.165, 1.54) is 0 Å². The summed E-state index contributed by atoms with van der Waals surface area (Å²) in [6, 6.07) is 11.5. The van der Waals surface area contributed by atoms with Crippen LogP contribution in [0.25, 0.3) is 10.8 Å². The number of carbonyl (C=O) groups excluding carboxylic acids is 1. The lowest BCUT2D eigenvalue weighted by Gasteiger charge is -2.18. The summed E-state index contributed by atoms with van der Waals surface area (Å²) in [5.74, 6) is -0.752. The molecule has 2 aromatic carbocycles. The second-order valence-corrected chi connectivity index (χ2v) is 4.87. The van der Waals surface area contributed by atoms with Crippen molar-refractivity contribution >= 4 is 28.2 Å². The molecule has 0 aliphatic rings. The summed E-state index contributed by atoms with van der Waals surface area (Å²) in [6.45, 7) is 2.02. The van der Waals surface area contributed by atoms with Gasteiger partial charge >= 0.3 is 5.97 Å². The standard InChI is InChI=1S/C16H17NO3/c1-11(18)12-3-4-14-10-15(6-5-13(14)9-12)17(2)8-7-16(19)20/h3-6,9-10H,7-8H2,1-2H3,(H,19,20). The summed E-state index contributed by atoms with van der Waals surface area (Å²) in [6.07, 6.45) is 0.109. The predicted molar refractivity (Wildman–Crippen MR) is 79.5 cm³/mol. The largest absolute Gasteiger partial charge is 0.481 e. The number of Topliss-reactive ketones (excluding diaryl/α,β-unsaturated/α-hetero) is 1. The van der Waals surface area contributed by atoms with Crippen LogP contribution in [0.4, 0.5) is 5.69 Å². The first-order valence-corrected chi connectivity index (χ1v) is 6.45. The molecule has 0 saturated carbocycles. The highest BCUT2D eigenvalue weighted by Gasteiger charge is 2.06. The molecular weight excluding hydrogens is 254 g/mol. The van der Waals surface area contributed by atoms with Gasteiger partial charge in [-0.15, -0.1) is 0 Å². The van der Waals surface area contributed by atoms with Gasteiger partial charge in [-0.05, 0) is 35.9 Å². The Bertz CT molecular complexity index is 664. The number of aliphatic carboxylic acids is 1. The number of carboxylic acid groups (broad SMARTS) is 1. The van der Waals surface area contributed by atoms with Gasteiger partial charge < -0.3 is 10.0 Å². The van der Waals surface area contributed by atoms with E-state index in [0.717, 1.165) is 16.5 Å². The van der Waals surface area contributed by atoms with Crippen LogP contribution in [0.2, 0.25) is 0 Å². The number of rotatable bonds is 5. The second-order valence-electron chi connectivity index (χ2n) is 4.87. The molecule has 0 saturated heterocycles. The maximum absolute atomic E-state index is 11.3. The van der Waals surface area contributed by atoms with E-state index in [1.54, 1.807) is 6.92 Å². The maximum Gasteiger partial charge on any atom is 0.305 e. The van der Waals surface area contributed by atoms with Gasteiger partial charge in [-0.3, -0.25) is 9.59 Å². The molecule has 0 heterocycles. The molecule has 0 aliphatic carbocycles. The summed E-state index contributed by atoms with van der Waals surface area (Å²) in [5, 5.41) is 10.7. The number of ketones is 1. The second kappa shape index (κ2) is 5.74. The van der Waals surface area contributed by atoms with E-state index in [-0.39, 0.29) is 12.2 Å².